The smallest absolute Gasteiger partial charge is 0.336 e. The molecule has 0 saturated carbocycles. The number of benzene rings is 2. The van der Waals surface area contributed by atoms with E-state index in [-0.39, 0.29) is 11.7 Å². The van der Waals surface area contributed by atoms with Gasteiger partial charge in [0.15, 0.2) is 17.3 Å². The Labute approximate surface area is 241 Å². The molecule has 38 heavy (non-hydrogen) atoms. The van der Waals surface area contributed by atoms with Crippen molar-refractivity contribution in [1.82, 2.24) is 5.32 Å². The summed E-state index contributed by atoms with van der Waals surface area (Å²) in [7, 11) is 3.13. The monoisotopic (exact) mass is 619 g/mol. The second-order valence-electron chi connectivity index (χ2n) is 9.13. The van der Waals surface area contributed by atoms with Crippen molar-refractivity contribution in [2.45, 2.75) is 38.5 Å². The van der Waals surface area contributed by atoms with E-state index in [2.05, 4.69) is 28.2 Å². The Balaban J connectivity index is 1.80. The molecule has 2 aromatic carbocycles. The third-order valence-corrected chi connectivity index (χ3v) is 8.67. The van der Waals surface area contributed by atoms with Gasteiger partial charge in [0.05, 0.1) is 19.8 Å². The van der Waals surface area contributed by atoms with Crippen LogP contribution >= 0.6 is 39.3 Å². The predicted molar refractivity (Wildman–Crippen MR) is 155 cm³/mol. The van der Waals surface area contributed by atoms with Crippen molar-refractivity contribution in [3.63, 3.8) is 0 Å². The number of methoxy groups -OCH3 is 2. The van der Waals surface area contributed by atoms with E-state index in [4.69, 9.17) is 25.8 Å². The van der Waals surface area contributed by atoms with Crippen LogP contribution in [0.4, 0.5) is 0 Å². The Hall–Kier alpha value is -2.42. The molecule has 0 aromatic heterocycles. The van der Waals surface area contributed by atoms with Crippen molar-refractivity contribution in [1.29, 1.82) is 0 Å². The van der Waals surface area contributed by atoms with Gasteiger partial charge in [-0.05, 0) is 60.4 Å². The number of carbonyl (C=O) groups excluding carboxylic acids is 2. The van der Waals surface area contributed by atoms with Gasteiger partial charge >= 0.3 is 5.97 Å². The van der Waals surface area contributed by atoms with Crippen LogP contribution in [-0.2, 0) is 14.3 Å². The van der Waals surface area contributed by atoms with Crippen LogP contribution in [0.2, 0.25) is 5.02 Å². The second kappa shape index (κ2) is 12.6. The number of rotatable bonds is 9. The molecule has 2 aromatic rings. The Bertz CT molecular complexity index is 1290. The van der Waals surface area contributed by atoms with Crippen molar-refractivity contribution < 1.29 is 23.8 Å². The molecule has 1 aliphatic heterocycles. The van der Waals surface area contributed by atoms with Crippen LogP contribution in [0.5, 0.6) is 11.5 Å². The van der Waals surface area contributed by atoms with Crippen LogP contribution in [0.1, 0.15) is 49.7 Å². The topological polar surface area (TPSA) is 73.9 Å². The van der Waals surface area contributed by atoms with Gasteiger partial charge in [-0.1, -0.05) is 46.6 Å². The van der Waals surface area contributed by atoms with Gasteiger partial charge in [0, 0.05) is 44.6 Å². The number of Topliss-reactive ketones (excluding diaryl/α,β-unsaturated/α-hetero) is 1. The van der Waals surface area contributed by atoms with E-state index in [1.165, 1.54) is 0 Å². The van der Waals surface area contributed by atoms with Crippen molar-refractivity contribution >= 4 is 51.0 Å². The van der Waals surface area contributed by atoms with Crippen LogP contribution in [0, 0.1) is 0 Å². The molecule has 0 bridgehead atoms. The molecule has 0 radical (unpaired) electrons. The van der Waals surface area contributed by atoms with Crippen LogP contribution in [0.25, 0.3) is 0 Å². The average molecular weight is 621 g/mol. The van der Waals surface area contributed by atoms with Crippen LogP contribution < -0.4 is 14.8 Å². The molecule has 1 heterocycles. The lowest BCUT2D eigenvalue weighted by Gasteiger charge is -2.37. The van der Waals surface area contributed by atoms with Gasteiger partial charge < -0.3 is 19.5 Å². The maximum absolute atomic E-state index is 13.9. The quantitative estimate of drug-likeness (QED) is 0.245. The van der Waals surface area contributed by atoms with E-state index < -0.39 is 11.9 Å². The van der Waals surface area contributed by atoms with E-state index >= 15 is 0 Å². The minimum atomic E-state index is -0.620. The largest absolute Gasteiger partial charge is 0.493 e. The molecule has 2 aliphatic rings. The molecule has 6 nitrogen and oxygen atoms in total. The van der Waals surface area contributed by atoms with Crippen LogP contribution in [0.3, 0.4) is 0 Å². The summed E-state index contributed by atoms with van der Waals surface area (Å²) in [5.41, 5.74) is 4.31. The minimum Gasteiger partial charge on any atom is -0.493 e. The Morgan fingerprint density at radius 3 is 2.47 bits per heavy atom. The number of nitrogens with one attached hydrogen (secondary N) is 1. The predicted octanol–water partition coefficient (Wildman–Crippen LogP) is 6.78. The van der Waals surface area contributed by atoms with Crippen molar-refractivity contribution in [2.24, 2.45) is 0 Å². The molecule has 4 rings (SSSR count). The number of carbonyl (C=O) groups is 2. The molecule has 2 atom stereocenters. The van der Waals surface area contributed by atoms with Crippen molar-refractivity contribution in [3.05, 3.63) is 79.6 Å². The molecule has 1 aliphatic carbocycles. The number of dihydropyridines is 1. The number of thioether (sulfide) groups is 1. The van der Waals surface area contributed by atoms with Crippen LogP contribution in [0.15, 0.2) is 63.4 Å². The van der Waals surface area contributed by atoms with Gasteiger partial charge in [0.1, 0.15) is 6.61 Å². The first-order valence-corrected chi connectivity index (χ1v) is 14.8. The highest BCUT2D eigenvalue weighted by atomic mass is 79.9. The van der Waals surface area contributed by atoms with Gasteiger partial charge in [0.2, 0.25) is 0 Å². The highest BCUT2D eigenvalue weighted by molar-refractivity contribution is 9.10. The van der Waals surface area contributed by atoms with Gasteiger partial charge in [-0.25, -0.2) is 4.79 Å². The number of halogens is 2. The fraction of sp³-hybridized carbons (Fsp3) is 0.379. The summed E-state index contributed by atoms with van der Waals surface area (Å²) in [4.78, 5) is 27.3. The summed E-state index contributed by atoms with van der Waals surface area (Å²) in [6.07, 6.45) is 0.967. The van der Waals surface area contributed by atoms with E-state index in [1.54, 1.807) is 32.0 Å². The summed E-state index contributed by atoms with van der Waals surface area (Å²) < 4.78 is 17.4. The molecule has 0 fully saturated rings. The molecule has 0 amide bonds. The van der Waals surface area contributed by atoms with Gasteiger partial charge in [-0.3, -0.25) is 4.79 Å². The molecule has 0 saturated heterocycles. The fourth-order valence-corrected chi connectivity index (χ4v) is 6.26. The summed E-state index contributed by atoms with van der Waals surface area (Å²) >= 11 is 11.5. The van der Waals surface area contributed by atoms with Gasteiger partial charge in [-0.15, -0.1) is 0 Å². The Kier molecular flexibility index (Phi) is 9.50. The molecule has 9 heteroatoms. The minimum absolute atomic E-state index is 0.00730. The summed E-state index contributed by atoms with van der Waals surface area (Å²) in [6.45, 7) is 4.22. The third kappa shape index (κ3) is 5.92. The zero-order chi connectivity index (χ0) is 27.4. The standard InChI is InChI=1S/C29H31BrClNO5S/c1-5-38-11-10-37-29(34)26-16(2)32-22-12-18(17-6-8-19(31)9-7-17)13-23(33)28(22)27(26)20-14-24(35-3)25(36-4)15-21(20)30/h6-9,14-15,18,27,32H,5,10-13H2,1-4H3/t18-,27-/m0/s1. The van der Waals surface area contributed by atoms with Crippen molar-refractivity contribution in [2.75, 3.05) is 32.3 Å². The number of hydrogen-bond acceptors (Lipinski definition) is 7. The average Bonchev–Trinajstić information content (AvgIpc) is 2.90. The maximum Gasteiger partial charge on any atom is 0.336 e. The molecule has 202 valence electrons. The van der Waals surface area contributed by atoms with E-state index in [9.17, 15) is 9.59 Å². The third-order valence-electron chi connectivity index (χ3n) is 6.87. The summed E-state index contributed by atoms with van der Waals surface area (Å²) in [6, 6.07) is 11.3. The molecule has 0 unspecified atom stereocenters. The van der Waals surface area contributed by atoms with E-state index in [1.807, 2.05) is 37.3 Å². The summed E-state index contributed by atoms with van der Waals surface area (Å²) in [5.74, 6) is 1.66. The highest BCUT2D eigenvalue weighted by Crippen LogP contribution is 2.49. The number of hydrogen-bond donors (Lipinski definition) is 1. The first kappa shape index (κ1) is 28.6. The second-order valence-corrected chi connectivity index (χ2v) is 11.8. The number of ether oxygens (including phenoxy) is 3. The Morgan fingerprint density at radius 2 is 1.82 bits per heavy atom. The molecule has 1 N–H and O–H groups in total. The van der Waals surface area contributed by atoms with Crippen LogP contribution in [-0.4, -0.2) is 44.1 Å². The lowest BCUT2D eigenvalue weighted by atomic mass is 9.71. The van der Waals surface area contributed by atoms with Gasteiger partial charge in [-0.2, -0.15) is 11.8 Å². The van der Waals surface area contributed by atoms with Crippen molar-refractivity contribution in [3.8, 4) is 11.5 Å². The number of allylic oxidation sites excluding steroid dienone is 3. The normalized spacial score (nSPS) is 19.2. The zero-order valence-corrected chi connectivity index (χ0v) is 25.0. The molecular weight excluding hydrogens is 590 g/mol. The first-order valence-electron chi connectivity index (χ1n) is 12.4. The van der Waals surface area contributed by atoms with E-state index in [0.29, 0.717) is 63.0 Å². The lowest BCUT2D eigenvalue weighted by Crippen LogP contribution is -2.36. The van der Waals surface area contributed by atoms with Gasteiger partial charge in [0.25, 0.3) is 0 Å². The SMILES string of the molecule is CCSCCOC(=O)C1=C(C)NC2=C(C(=O)C[C@@H](c3ccc(Cl)cc3)C2)[C@H]1c1cc(OC)c(OC)cc1Br. The Morgan fingerprint density at radius 1 is 1.13 bits per heavy atom. The van der Waals surface area contributed by atoms with E-state index in [0.717, 1.165) is 22.6 Å². The lowest BCUT2D eigenvalue weighted by molar-refractivity contribution is -0.138. The highest BCUT2D eigenvalue weighted by Gasteiger charge is 2.42. The molecular formula is C29H31BrClNO5S. The maximum atomic E-state index is 13.9. The zero-order valence-electron chi connectivity index (χ0n) is 21.9. The number of esters is 1. The first-order chi connectivity index (χ1) is 18.3. The number of ketones is 1. The fourth-order valence-electron chi connectivity index (χ4n) is 5.10. The summed E-state index contributed by atoms with van der Waals surface area (Å²) in [5, 5.41) is 4.05. The molecule has 0 spiro atoms.